The molecule has 0 saturated carbocycles. The average molecular weight is 881 g/mol. The standard InChI is InChI=1S/C46H56O17/c1-7-22-53-43-41(57-26-34-16-12-9-13-17-34)39(56-25-33-14-10-8-11-15-33)37(62-45(43)54-24-23-52-36-20-18-35(51-6)19-21-36)28-58-46-44(61-32(5)50)42(60-31(4)49)40(59-30(3)48)38(63-46)27-55-29(2)47/h7-21,37-46H,1,22-28H2,2-6H3/t37-,38-,39-,40-,41+,42+,43-,44-,45-,46-/m1/s1. The van der Waals surface area contributed by atoms with E-state index in [-0.39, 0.29) is 39.6 Å². The molecule has 3 aromatic carbocycles. The van der Waals surface area contributed by atoms with Crippen molar-refractivity contribution < 1.29 is 80.8 Å². The summed E-state index contributed by atoms with van der Waals surface area (Å²) < 4.78 is 78.6. The van der Waals surface area contributed by atoms with Gasteiger partial charge in [-0.05, 0) is 35.4 Å². The van der Waals surface area contributed by atoms with E-state index < -0.39 is 91.9 Å². The van der Waals surface area contributed by atoms with E-state index in [1.165, 1.54) is 6.92 Å². The third-order valence-corrected chi connectivity index (χ3v) is 9.63. The highest BCUT2D eigenvalue weighted by Crippen LogP contribution is 2.34. The van der Waals surface area contributed by atoms with Gasteiger partial charge >= 0.3 is 23.9 Å². The number of methoxy groups -OCH3 is 1. The van der Waals surface area contributed by atoms with Gasteiger partial charge in [0.25, 0.3) is 0 Å². The second-order valence-corrected chi connectivity index (χ2v) is 14.4. The quantitative estimate of drug-likeness (QED) is 0.0553. The molecule has 63 heavy (non-hydrogen) atoms. The van der Waals surface area contributed by atoms with Gasteiger partial charge in [-0.15, -0.1) is 6.58 Å². The molecule has 342 valence electrons. The summed E-state index contributed by atoms with van der Waals surface area (Å²) in [6.07, 6.45) is -10.2. The predicted octanol–water partition coefficient (Wildman–Crippen LogP) is 4.66. The fourth-order valence-electron chi connectivity index (χ4n) is 6.93. The van der Waals surface area contributed by atoms with E-state index in [0.717, 1.165) is 31.9 Å². The Morgan fingerprint density at radius 3 is 1.62 bits per heavy atom. The lowest BCUT2D eigenvalue weighted by Gasteiger charge is -2.47. The maximum absolute atomic E-state index is 12.6. The van der Waals surface area contributed by atoms with Crippen LogP contribution in [0.4, 0.5) is 0 Å². The SMILES string of the molecule is C=CCO[C@H]1[C@H](OCCOc2ccc(OC)cc2)O[C@H](CO[C@@H]2O[C@H](COC(C)=O)[C@@H](OC(C)=O)[C@H](OC(C)=O)[C@H]2OC(C)=O)[C@@H](OCc2ccccc2)[C@@H]1OCc1ccccc1. The van der Waals surface area contributed by atoms with Crippen LogP contribution in [0.2, 0.25) is 0 Å². The Balaban J connectivity index is 1.48. The largest absolute Gasteiger partial charge is 0.497 e. The molecule has 0 aliphatic carbocycles. The lowest BCUT2D eigenvalue weighted by molar-refractivity contribution is -0.344. The Hall–Kier alpha value is -5.40. The van der Waals surface area contributed by atoms with Crippen molar-refractivity contribution in [3.63, 3.8) is 0 Å². The molecule has 2 aliphatic heterocycles. The zero-order valence-corrected chi connectivity index (χ0v) is 36.0. The van der Waals surface area contributed by atoms with Crippen LogP contribution < -0.4 is 9.47 Å². The van der Waals surface area contributed by atoms with E-state index in [4.69, 9.17) is 61.6 Å². The minimum atomic E-state index is -1.50. The molecule has 0 amide bonds. The summed E-state index contributed by atoms with van der Waals surface area (Å²) in [4.78, 5) is 49.3. The van der Waals surface area contributed by atoms with Crippen LogP contribution >= 0.6 is 0 Å². The van der Waals surface area contributed by atoms with Crippen LogP contribution in [-0.4, -0.2) is 125 Å². The number of esters is 4. The normalized spacial score (nSPS) is 25.5. The Morgan fingerprint density at radius 2 is 1.06 bits per heavy atom. The lowest BCUT2D eigenvalue weighted by Crippen LogP contribution is -2.64. The number of hydrogen-bond acceptors (Lipinski definition) is 17. The fraction of sp³-hybridized carbons (Fsp3) is 0.478. The van der Waals surface area contributed by atoms with Crippen molar-refractivity contribution in [3.05, 3.63) is 109 Å². The highest BCUT2D eigenvalue weighted by Gasteiger charge is 2.54. The molecule has 10 atom stereocenters. The Labute approximate surface area is 366 Å². The maximum atomic E-state index is 12.6. The molecular formula is C46H56O17. The van der Waals surface area contributed by atoms with Gasteiger partial charge in [0.15, 0.2) is 30.9 Å². The lowest BCUT2D eigenvalue weighted by atomic mass is 9.97. The first-order valence-electron chi connectivity index (χ1n) is 20.4. The van der Waals surface area contributed by atoms with Gasteiger partial charge in [0.1, 0.15) is 55.2 Å². The van der Waals surface area contributed by atoms with Crippen molar-refractivity contribution >= 4 is 23.9 Å². The summed E-state index contributed by atoms with van der Waals surface area (Å²) in [7, 11) is 1.58. The van der Waals surface area contributed by atoms with Crippen LogP contribution in [-0.2, 0) is 84.5 Å². The second-order valence-electron chi connectivity index (χ2n) is 14.4. The highest BCUT2D eigenvalue weighted by molar-refractivity contribution is 5.68. The van der Waals surface area contributed by atoms with E-state index in [0.29, 0.717) is 11.5 Å². The van der Waals surface area contributed by atoms with E-state index >= 15 is 0 Å². The van der Waals surface area contributed by atoms with Crippen LogP contribution in [0.5, 0.6) is 11.5 Å². The molecule has 2 heterocycles. The van der Waals surface area contributed by atoms with Gasteiger partial charge in [-0.2, -0.15) is 0 Å². The topological polar surface area (TPSA) is 188 Å². The van der Waals surface area contributed by atoms with Crippen molar-refractivity contribution in [2.45, 2.75) is 102 Å². The Bertz CT molecular complexity index is 1880. The van der Waals surface area contributed by atoms with E-state index in [2.05, 4.69) is 6.58 Å². The molecule has 17 heteroatoms. The molecule has 0 aromatic heterocycles. The minimum absolute atomic E-state index is 0.0544. The molecule has 0 spiro atoms. The third-order valence-electron chi connectivity index (χ3n) is 9.63. The first-order valence-corrected chi connectivity index (χ1v) is 20.4. The molecule has 17 nitrogen and oxygen atoms in total. The van der Waals surface area contributed by atoms with E-state index in [1.54, 1.807) is 37.5 Å². The molecule has 0 N–H and O–H groups in total. The molecule has 0 radical (unpaired) electrons. The Morgan fingerprint density at radius 1 is 0.540 bits per heavy atom. The molecule has 2 saturated heterocycles. The van der Waals surface area contributed by atoms with Crippen LogP contribution in [0.3, 0.4) is 0 Å². The van der Waals surface area contributed by atoms with Crippen LogP contribution in [0, 0.1) is 0 Å². The summed E-state index contributed by atoms with van der Waals surface area (Å²) in [5.74, 6) is -1.72. The molecular weight excluding hydrogens is 824 g/mol. The number of benzene rings is 3. The summed E-state index contributed by atoms with van der Waals surface area (Å²) in [5.41, 5.74) is 1.74. The molecule has 0 unspecified atom stereocenters. The number of hydrogen-bond donors (Lipinski definition) is 0. The zero-order valence-electron chi connectivity index (χ0n) is 36.0. The predicted molar refractivity (Wildman–Crippen MR) is 221 cm³/mol. The molecule has 5 rings (SSSR count). The number of rotatable bonds is 23. The average Bonchev–Trinajstić information content (AvgIpc) is 3.26. The van der Waals surface area contributed by atoms with E-state index in [9.17, 15) is 19.2 Å². The van der Waals surface area contributed by atoms with Gasteiger partial charge < -0.3 is 61.6 Å². The smallest absolute Gasteiger partial charge is 0.303 e. The van der Waals surface area contributed by atoms with Crippen LogP contribution in [0.25, 0.3) is 0 Å². The fourth-order valence-corrected chi connectivity index (χ4v) is 6.93. The number of carbonyl (C=O) groups is 4. The Kier molecular flexibility index (Phi) is 19.3. The van der Waals surface area contributed by atoms with Crippen LogP contribution in [0.15, 0.2) is 97.6 Å². The van der Waals surface area contributed by atoms with Gasteiger partial charge in [-0.25, -0.2) is 0 Å². The van der Waals surface area contributed by atoms with Crippen molar-refractivity contribution in [1.29, 1.82) is 0 Å². The third kappa shape index (κ3) is 15.1. The van der Waals surface area contributed by atoms with Crippen molar-refractivity contribution in [1.82, 2.24) is 0 Å². The van der Waals surface area contributed by atoms with Crippen molar-refractivity contribution in [2.24, 2.45) is 0 Å². The first kappa shape index (κ1) is 48.6. The van der Waals surface area contributed by atoms with E-state index in [1.807, 2.05) is 60.7 Å². The highest BCUT2D eigenvalue weighted by atomic mass is 16.8. The van der Waals surface area contributed by atoms with Gasteiger partial charge in [0, 0.05) is 27.7 Å². The van der Waals surface area contributed by atoms with Crippen LogP contribution in [0.1, 0.15) is 38.8 Å². The van der Waals surface area contributed by atoms with Gasteiger partial charge in [0.05, 0.1) is 40.1 Å². The monoisotopic (exact) mass is 880 g/mol. The van der Waals surface area contributed by atoms with Gasteiger partial charge in [-0.3, -0.25) is 19.2 Å². The minimum Gasteiger partial charge on any atom is -0.497 e. The second kappa shape index (κ2) is 25.0. The summed E-state index contributed by atoms with van der Waals surface area (Å²) in [6, 6.07) is 26.1. The summed E-state index contributed by atoms with van der Waals surface area (Å²) >= 11 is 0. The molecule has 0 bridgehead atoms. The maximum Gasteiger partial charge on any atom is 0.303 e. The van der Waals surface area contributed by atoms with Gasteiger partial charge in [-0.1, -0.05) is 66.7 Å². The molecule has 2 aliphatic rings. The summed E-state index contributed by atoms with van der Waals surface area (Å²) in [5, 5.41) is 0. The van der Waals surface area contributed by atoms with Gasteiger partial charge in [0.2, 0.25) is 0 Å². The summed E-state index contributed by atoms with van der Waals surface area (Å²) in [6.45, 7) is 8.26. The van der Waals surface area contributed by atoms with Crippen molar-refractivity contribution in [2.75, 3.05) is 40.1 Å². The zero-order chi connectivity index (χ0) is 45.1. The number of carbonyl (C=O) groups excluding carboxylic acids is 4. The number of ether oxygens (including phenoxy) is 13. The molecule has 3 aromatic rings. The molecule has 2 fully saturated rings. The first-order chi connectivity index (χ1) is 30.4. The van der Waals surface area contributed by atoms with Crippen molar-refractivity contribution in [3.8, 4) is 11.5 Å².